The number of aromatic nitrogens is 4. The molecule has 0 bridgehead atoms. The van der Waals surface area contributed by atoms with Gasteiger partial charge in [-0.3, -0.25) is 0 Å². The molecule has 0 atom stereocenters. The molecule has 1 aliphatic heterocycles. The molecule has 0 saturated carbocycles. The molecular weight excluding hydrogens is 128 g/mol. The standard InChI is InChI=1S/C6H10N4/c1-2-4-6-7-8-9-10(6)5-3-1/h1-5H2/i4D2,5D2. The van der Waals surface area contributed by atoms with Gasteiger partial charge in [0.1, 0.15) is 0 Å². The van der Waals surface area contributed by atoms with Gasteiger partial charge in [-0.15, -0.1) is 5.10 Å². The molecule has 10 heavy (non-hydrogen) atoms. The Hall–Kier alpha value is -0.930. The minimum Gasteiger partial charge on any atom is -0.230 e. The normalized spacial score (nSPS) is 34.0. The molecule has 54 valence electrons. The summed E-state index contributed by atoms with van der Waals surface area (Å²) in [4.78, 5) is 0. The fourth-order valence-electron chi connectivity index (χ4n) is 0.877. The van der Waals surface area contributed by atoms with Gasteiger partial charge >= 0.3 is 0 Å². The summed E-state index contributed by atoms with van der Waals surface area (Å²) < 4.78 is 31.6. The first-order chi connectivity index (χ1) is 6.43. The summed E-state index contributed by atoms with van der Waals surface area (Å²) in [5.41, 5.74) is 0. The van der Waals surface area contributed by atoms with Crippen LogP contribution >= 0.6 is 0 Å². The van der Waals surface area contributed by atoms with Crippen LogP contribution in [0.15, 0.2) is 0 Å². The Balaban J connectivity index is 2.55. The largest absolute Gasteiger partial charge is 0.230 e. The highest BCUT2D eigenvalue weighted by molar-refractivity contribution is 4.82. The fraction of sp³-hybridized carbons (Fsp3) is 0.833. The zero-order valence-corrected chi connectivity index (χ0v) is 5.41. The SMILES string of the molecule is [2H]C1([2H])CCCC([2H])([2H])n2nnnc21. The van der Waals surface area contributed by atoms with E-state index in [1.54, 1.807) is 0 Å². The summed E-state index contributed by atoms with van der Waals surface area (Å²) in [7, 11) is 0. The molecule has 0 aliphatic carbocycles. The molecule has 1 aliphatic rings. The van der Waals surface area contributed by atoms with E-state index in [0.717, 1.165) is 4.68 Å². The summed E-state index contributed by atoms with van der Waals surface area (Å²) in [5.74, 6) is -0.0139. The second-order valence-corrected chi connectivity index (χ2v) is 2.10. The third-order valence-electron chi connectivity index (χ3n) is 1.37. The highest BCUT2D eigenvalue weighted by Crippen LogP contribution is 2.09. The van der Waals surface area contributed by atoms with Gasteiger partial charge in [-0.05, 0) is 23.3 Å². The molecule has 2 heterocycles. The molecule has 4 heteroatoms. The molecule has 4 nitrogen and oxygen atoms in total. The topological polar surface area (TPSA) is 43.6 Å². The minimum absolute atomic E-state index is 0.0139. The van der Waals surface area contributed by atoms with Gasteiger partial charge in [0.2, 0.25) is 0 Å². The van der Waals surface area contributed by atoms with E-state index in [-0.39, 0.29) is 18.7 Å². The van der Waals surface area contributed by atoms with Crippen molar-refractivity contribution in [1.82, 2.24) is 20.2 Å². The van der Waals surface area contributed by atoms with E-state index in [0.29, 0.717) is 6.42 Å². The predicted molar refractivity (Wildman–Crippen MR) is 35.4 cm³/mol. The third kappa shape index (κ3) is 0.894. The van der Waals surface area contributed by atoms with Crippen LogP contribution in [0.5, 0.6) is 0 Å². The van der Waals surface area contributed by atoms with Gasteiger partial charge in [0.05, 0.1) is 2.74 Å². The monoisotopic (exact) mass is 142 g/mol. The van der Waals surface area contributed by atoms with Gasteiger partial charge in [-0.25, -0.2) is 4.68 Å². The smallest absolute Gasteiger partial charge is 0.151 e. The summed E-state index contributed by atoms with van der Waals surface area (Å²) in [6, 6.07) is 0. The van der Waals surface area contributed by atoms with E-state index in [1.165, 1.54) is 0 Å². The van der Waals surface area contributed by atoms with Gasteiger partial charge in [0, 0.05) is 15.6 Å². The maximum atomic E-state index is 7.68. The van der Waals surface area contributed by atoms with Crippen LogP contribution in [0.4, 0.5) is 0 Å². The summed E-state index contributed by atoms with van der Waals surface area (Å²) in [6.07, 6.45) is -0.657. The van der Waals surface area contributed by atoms with Crippen molar-refractivity contribution in [1.29, 1.82) is 0 Å². The molecule has 1 aromatic rings. The zero-order chi connectivity index (χ0) is 10.4. The lowest BCUT2D eigenvalue weighted by Crippen LogP contribution is -2.02. The van der Waals surface area contributed by atoms with Gasteiger partial charge < -0.3 is 0 Å². The highest BCUT2D eigenvalue weighted by atomic mass is 15.5. The summed E-state index contributed by atoms with van der Waals surface area (Å²) in [6.45, 7) is -1.68. The number of hydrogen-bond donors (Lipinski definition) is 0. The fourth-order valence-corrected chi connectivity index (χ4v) is 0.877. The Morgan fingerprint density at radius 2 is 2.40 bits per heavy atom. The van der Waals surface area contributed by atoms with Gasteiger partial charge in [0.15, 0.2) is 5.82 Å². The van der Waals surface area contributed by atoms with Crippen molar-refractivity contribution in [3.63, 3.8) is 0 Å². The Bertz CT molecular complexity index is 317. The number of nitrogens with zero attached hydrogens (tertiary/aromatic N) is 4. The second kappa shape index (κ2) is 2.36. The Labute approximate surface area is 64.9 Å². The lowest BCUT2D eigenvalue weighted by atomic mass is 10.2. The number of aryl methyl sites for hydroxylation is 2. The minimum atomic E-state index is -1.68. The first-order valence-corrected chi connectivity index (χ1v) is 3.23. The van der Waals surface area contributed by atoms with Crippen molar-refractivity contribution in [3.8, 4) is 0 Å². The molecule has 0 aromatic carbocycles. The second-order valence-electron chi connectivity index (χ2n) is 2.10. The Kier molecular flexibility index (Phi) is 0.705. The third-order valence-corrected chi connectivity index (χ3v) is 1.37. The molecule has 0 N–H and O–H groups in total. The van der Waals surface area contributed by atoms with Crippen molar-refractivity contribution in [2.45, 2.75) is 32.1 Å². The van der Waals surface area contributed by atoms with E-state index in [2.05, 4.69) is 15.5 Å². The number of tetrazole rings is 1. The van der Waals surface area contributed by atoms with Gasteiger partial charge in [-0.2, -0.15) is 0 Å². The summed E-state index contributed by atoms with van der Waals surface area (Å²) >= 11 is 0. The maximum absolute atomic E-state index is 7.68. The number of hydrogen-bond acceptors (Lipinski definition) is 3. The molecule has 0 amide bonds. The van der Waals surface area contributed by atoms with Crippen LogP contribution in [0.1, 0.15) is 30.6 Å². The highest BCUT2D eigenvalue weighted by Gasteiger charge is 2.08. The van der Waals surface area contributed by atoms with Crippen LogP contribution in [0, 0.1) is 0 Å². The lowest BCUT2D eigenvalue weighted by molar-refractivity contribution is 0.556. The lowest BCUT2D eigenvalue weighted by Gasteiger charge is -1.94. The predicted octanol–water partition coefficient (Wildman–Crippen LogP) is 0.399. The van der Waals surface area contributed by atoms with Crippen LogP contribution in [0.3, 0.4) is 0 Å². The van der Waals surface area contributed by atoms with Crippen molar-refractivity contribution in [3.05, 3.63) is 5.82 Å². The van der Waals surface area contributed by atoms with E-state index in [4.69, 9.17) is 5.48 Å². The first kappa shape index (κ1) is 2.98. The van der Waals surface area contributed by atoms with Crippen LogP contribution in [0.25, 0.3) is 0 Å². The van der Waals surface area contributed by atoms with Gasteiger partial charge in [-0.1, -0.05) is 6.42 Å². The molecule has 0 spiro atoms. The van der Waals surface area contributed by atoms with E-state index in [9.17, 15) is 0 Å². The molecular formula is C6H10N4. The molecule has 2 rings (SSSR count). The van der Waals surface area contributed by atoms with Gasteiger partial charge in [0.25, 0.3) is 0 Å². The van der Waals surface area contributed by atoms with Crippen LogP contribution in [0.2, 0.25) is 0 Å². The molecule has 0 radical (unpaired) electrons. The number of fused-ring (bicyclic) bond motifs is 1. The molecule has 0 unspecified atom stereocenters. The van der Waals surface area contributed by atoms with Crippen LogP contribution in [-0.2, 0) is 12.9 Å². The Morgan fingerprint density at radius 3 is 3.40 bits per heavy atom. The van der Waals surface area contributed by atoms with Crippen molar-refractivity contribution < 1.29 is 5.48 Å². The average Bonchev–Trinajstić information content (AvgIpc) is 2.48. The summed E-state index contributed by atoms with van der Waals surface area (Å²) in [5, 5.41) is 10.4. The van der Waals surface area contributed by atoms with Crippen molar-refractivity contribution in [2.24, 2.45) is 0 Å². The quantitative estimate of drug-likeness (QED) is 0.526. The van der Waals surface area contributed by atoms with Crippen LogP contribution in [-0.4, -0.2) is 20.2 Å². The van der Waals surface area contributed by atoms with Crippen LogP contribution < -0.4 is 0 Å². The zero-order valence-electron chi connectivity index (χ0n) is 9.41. The Morgan fingerprint density at radius 1 is 1.40 bits per heavy atom. The van der Waals surface area contributed by atoms with E-state index in [1.807, 2.05) is 0 Å². The first-order valence-electron chi connectivity index (χ1n) is 5.23. The average molecular weight is 142 g/mol. The van der Waals surface area contributed by atoms with Crippen molar-refractivity contribution >= 4 is 0 Å². The van der Waals surface area contributed by atoms with Crippen molar-refractivity contribution in [2.75, 3.05) is 0 Å². The number of rotatable bonds is 0. The van der Waals surface area contributed by atoms with E-state index < -0.39 is 12.9 Å². The molecule has 0 saturated heterocycles. The maximum Gasteiger partial charge on any atom is 0.151 e. The molecule has 0 fully saturated rings. The van der Waals surface area contributed by atoms with E-state index >= 15 is 0 Å². The molecule has 1 aromatic heterocycles.